The highest BCUT2D eigenvalue weighted by Crippen LogP contribution is 2.34. The first-order chi connectivity index (χ1) is 8.84. The number of carbonyl (C=O) groups is 2. The SMILES string of the molecule is CC(=O)C(Cl)c1c(C=CC(=O)O)cccc1C(F)F. The lowest BCUT2D eigenvalue weighted by Gasteiger charge is -2.15. The van der Waals surface area contributed by atoms with E-state index in [1.165, 1.54) is 19.1 Å². The van der Waals surface area contributed by atoms with Crippen LogP contribution in [0.4, 0.5) is 8.78 Å². The Morgan fingerprint density at radius 1 is 1.37 bits per heavy atom. The summed E-state index contributed by atoms with van der Waals surface area (Å²) in [5.41, 5.74) is -0.234. The van der Waals surface area contributed by atoms with E-state index in [0.717, 1.165) is 18.2 Å². The van der Waals surface area contributed by atoms with Crippen LogP contribution in [0.1, 0.15) is 35.4 Å². The third-order valence-corrected chi connectivity index (χ3v) is 2.95. The highest BCUT2D eigenvalue weighted by molar-refractivity contribution is 6.31. The second-order valence-corrected chi connectivity index (χ2v) is 4.23. The first kappa shape index (κ1) is 15.3. The van der Waals surface area contributed by atoms with Crippen LogP contribution in [0, 0.1) is 0 Å². The molecule has 6 heteroatoms. The molecule has 0 bridgehead atoms. The van der Waals surface area contributed by atoms with Gasteiger partial charge in [0.1, 0.15) is 5.38 Å². The normalized spacial score (nSPS) is 12.9. The number of alkyl halides is 3. The highest BCUT2D eigenvalue weighted by atomic mass is 35.5. The largest absolute Gasteiger partial charge is 0.478 e. The molecule has 0 aromatic heterocycles. The van der Waals surface area contributed by atoms with Crippen molar-refractivity contribution in [2.75, 3.05) is 0 Å². The Morgan fingerprint density at radius 2 is 2.00 bits per heavy atom. The Balaban J connectivity index is 3.42. The number of hydrogen-bond donors (Lipinski definition) is 1. The number of aliphatic carboxylic acids is 1. The molecule has 1 aromatic rings. The van der Waals surface area contributed by atoms with Gasteiger partial charge in [-0.2, -0.15) is 0 Å². The molecule has 1 unspecified atom stereocenters. The zero-order chi connectivity index (χ0) is 14.6. The van der Waals surface area contributed by atoms with Gasteiger partial charge in [-0.15, -0.1) is 11.6 Å². The quantitative estimate of drug-likeness (QED) is 0.665. The lowest BCUT2D eigenvalue weighted by molar-refractivity contribution is -0.131. The zero-order valence-electron chi connectivity index (χ0n) is 9.94. The van der Waals surface area contributed by atoms with E-state index >= 15 is 0 Å². The Hall–Kier alpha value is -1.75. The molecular formula is C13H11ClF2O3. The predicted molar refractivity (Wildman–Crippen MR) is 67.3 cm³/mol. The van der Waals surface area contributed by atoms with Crippen molar-refractivity contribution in [3.05, 3.63) is 41.0 Å². The Morgan fingerprint density at radius 3 is 2.47 bits per heavy atom. The third-order valence-electron chi connectivity index (χ3n) is 2.42. The average molecular weight is 289 g/mol. The minimum absolute atomic E-state index is 0.0517. The first-order valence-corrected chi connectivity index (χ1v) is 5.74. The number of carboxylic acid groups (broad SMARTS) is 1. The monoisotopic (exact) mass is 288 g/mol. The van der Waals surface area contributed by atoms with Gasteiger partial charge in [-0.1, -0.05) is 18.2 Å². The van der Waals surface area contributed by atoms with Crippen molar-refractivity contribution in [2.45, 2.75) is 18.7 Å². The minimum Gasteiger partial charge on any atom is -0.478 e. The van der Waals surface area contributed by atoms with Gasteiger partial charge in [0.05, 0.1) is 0 Å². The predicted octanol–water partition coefficient (Wildman–Crippen LogP) is 3.59. The van der Waals surface area contributed by atoms with Gasteiger partial charge in [-0.3, -0.25) is 4.79 Å². The van der Waals surface area contributed by atoms with Crippen LogP contribution in [-0.2, 0) is 9.59 Å². The van der Waals surface area contributed by atoms with Crippen LogP contribution in [0.15, 0.2) is 24.3 Å². The van der Waals surface area contributed by atoms with Crippen LogP contribution in [0.5, 0.6) is 0 Å². The lowest BCUT2D eigenvalue weighted by atomic mass is 9.96. The van der Waals surface area contributed by atoms with Gasteiger partial charge in [0.2, 0.25) is 0 Å². The summed E-state index contributed by atoms with van der Waals surface area (Å²) in [6.45, 7) is 1.19. The molecule has 1 N–H and O–H groups in total. The molecule has 0 aliphatic heterocycles. The maximum atomic E-state index is 12.9. The van der Waals surface area contributed by atoms with E-state index in [1.807, 2.05) is 0 Å². The lowest BCUT2D eigenvalue weighted by Crippen LogP contribution is -2.08. The number of benzene rings is 1. The zero-order valence-corrected chi connectivity index (χ0v) is 10.7. The molecule has 1 aromatic carbocycles. The minimum atomic E-state index is -2.80. The van der Waals surface area contributed by atoms with Crippen LogP contribution in [-0.4, -0.2) is 16.9 Å². The molecule has 0 aliphatic carbocycles. The number of ketones is 1. The topological polar surface area (TPSA) is 54.4 Å². The van der Waals surface area contributed by atoms with Gasteiger partial charge in [0, 0.05) is 11.6 Å². The van der Waals surface area contributed by atoms with E-state index < -0.39 is 23.6 Å². The molecule has 0 fully saturated rings. The fraction of sp³-hybridized carbons (Fsp3) is 0.231. The molecule has 0 amide bonds. The summed E-state index contributed by atoms with van der Waals surface area (Å²) in [6.07, 6.45) is -0.853. The van der Waals surface area contributed by atoms with Crippen molar-refractivity contribution in [1.29, 1.82) is 0 Å². The van der Waals surface area contributed by atoms with Crippen LogP contribution in [0.3, 0.4) is 0 Å². The molecule has 0 saturated carbocycles. The molecule has 0 radical (unpaired) electrons. The summed E-state index contributed by atoms with van der Waals surface area (Å²) in [5.74, 6) is -1.71. The molecule has 0 heterocycles. The molecule has 19 heavy (non-hydrogen) atoms. The number of carboxylic acids is 1. The Kier molecular flexibility index (Phi) is 5.18. The summed E-state index contributed by atoms with van der Waals surface area (Å²) in [6, 6.07) is 3.95. The van der Waals surface area contributed by atoms with Crippen molar-refractivity contribution >= 4 is 29.4 Å². The van der Waals surface area contributed by atoms with Crippen LogP contribution in [0.2, 0.25) is 0 Å². The van der Waals surface area contributed by atoms with Crippen molar-refractivity contribution in [3.63, 3.8) is 0 Å². The van der Waals surface area contributed by atoms with Crippen molar-refractivity contribution in [2.24, 2.45) is 0 Å². The summed E-state index contributed by atoms with van der Waals surface area (Å²) in [4.78, 5) is 21.8. The van der Waals surface area contributed by atoms with Crippen molar-refractivity contribution < 1.29 is 23.5 Å². The van der Waals surface area contributed by atoms with Crippen LogP contribution in [0.25, 0.3) is 6.08 Å². The van der Waals surface area contributed by atoms with Gasteiger partial charge >= 0.3 is 5.97 Å². The van der Waals surface area contributed by atoms with E-state index in [2.05, 4.69) is 0 Å². The van der Waals surface area contributed by atoms with Gasteiger partial charge in [-0.05, 0) is 24.1 Å². The van der Waals surface area contributed by atoms with Gasteiger partial charge in [0.15, 0.2) is 5.78 Å². The maximum absolute atomic E-state index is 12.9. The Labute approximate surface area is 113 Å². The summed E-state index contributed by atoms with van der Waals surface area (Å²) in [7, 11) is 0. The molecule has 0 saturated heterocycles. The van der Waals surface area contributed by atoms with Gasteiger partial charge in [0.25, 0.3) is 6.43 Å². The van der Waals surface area contributed by atoms with E-state index in [1.54, 1.807) is 0 Å². The standard InChI is InChI=1S/C13H11ClF2O3/c1-7(17)12(14)11-8(5-6-10(18)19)3-2-4-9(11)13(15)16/h2-6,12-13H,1H3,(H,18,19). The number of carbonyl (C=O) groups excluding carboxylic acids is 1. The van der Waals surface area contributed by atoms with Crippen LogP contribution < -0.4 is 0 Å². The first-order valence-electron chi connectivity index (χ1n) is 5.31. The summed E-state index contributed by atoms with van der Waals surface area (Å²) < 4.78 is 25.8. The van der Waals surface area contributed by atoms with Crippen LogP contribution >= 0.6 is 11.6 Å². The van der Waals surface area contributed by atoms with E-state index in [-0.39, 0.29) is 16.7 Å². The highest BCUT2D eigenvalue weighted by Gasteiger charge is 2.24. The van der Waals surface area contributed by atoms with Gasteiger partial charge < -0.3 is 5.11 Å². The fourth-order valence-corrected chi connectivity index (χ4v) is 1.85. The fourth-order valence-electron chi connectivity index (χ4n) is 1.59. The second kappa shape index (κ2) is 6.43. The molecule has 1 atom stereocenters. The summed E-state index contributed by atoms with van der Waals surface area (Å²) in [5, 5.41) is 7.32. The maximum Gasteiger partial charge on any atom is 0.328 e. The molecule has 3 nitrogen and oxygen atoms in total. The summed E-state index contributed by atoms with van der Waals surface area (Å²) >= 11 is 5.85. The van der Waals surface area contributed by atoms with Crippen molar-refractivity contribution in [3.8, 4) is 0 Å². The molecule has 0 spiro atoms. The smallest absolute Gasteiger partial charge is 0.328 e. The average Bonchev–Trinajstić information content (AvgIpc) is 2.34. The van der Waals surface area contributed by atoms with E-state index in [4.69, 9.17) is 16.7 Å². The second-order valence-electron chi connectivity index (χ2n) is 3.80. The van der Waals surface area contributed by atoms with Crippen molar-refractivity contribution in [1.82, 2.24) is 0 Å². The number of hydrogen-bond acceptors (Lipinski definition) is 2. The Bertz CT molecular complexity index is 527. The number of Topliss-reactive ketones (excluding diaryl/α,β-unsaturated/α-hetero) is 1. The third kappa shape index (κ3) is 3.86. The number of rotatable bonds is 5. The molecule has 1 rings (SSSR count). The molecule has 0 aliphatic rings. The number of halogens is 3. The molecular weight excluding hydrogens is 278 g/mol. The van der Waals surface area contributed by atoms with Gasteiger partial charge in [-0.25, -0.2) is 13.6 Å². The van der Waals surface area contributed by atoms with E-state index in [0.29, 0.717) is 0 Å². The molecule has 102 valence electrons. The van der Waals surface area contributed by atoms with E-state index in [9.17, 15) is 18.4 Å².